The molecule has 0 saturated heterocycles. The number of anilines is 1. The van der Waals surface area contributed by atoms with Crippen molar-refractivity contribution in [2.24, 2.45) is 0 Å². The predicted octanol–water partition coefficient (Wildman–Crippen LogP) is 5.05. The van der Waals surface area contributed by atoms with E-state index in [0.29, 0.717) is 29.9 Å². The smallest absolute Gasteiger partial charge is 0.253 e. The lowest BCUT2D eigenvalue weighted by Crippen LogP contribution is -2.06. The summed E-state index contributed by atoms with van der Waals surface area (Å²) >= 11 is 5.93. The van der Waals surface area contributed by atoms with Crippen LogP contribution in [0, 0.1) is 18.3 Å². The summed E-state index contributed by atoms with van der Waals surface area (Å²) in [5.41, 5.74) is 10.8. The standard InChI is InChI=1S/C22H23ClN4O/c1-14(2)17-7-4-15(3)18(10-17)13-28-22-20(11-24)21(25)27(26-22)12-16-5-8-19(23)9-6-16/h4-10,14H,12-13,25H2,1-3H3. The second-order valence-electron chi connectivity index (χ2n) is 7.09. The lowest BCUT2D eigenvalue weighted by Gasteiger charge is -2.11. The highest BCUT2D eigenvalue weighted by molar-refractivity contribution is 6.30. The van der Waals surface area contributed by atoms with Crippen LogP contribution in [0.4, 0.5) is 5.82 Å². The average molecular weight is 395 g/mol. The maximum absolute atomic E-state index is 9.50. The quantitative estimate of drug-likeness (QED) is 0.634. The lowest BCUT2D eigenvalue weighted by molar-refractivity contribution is 0.288. The van der Waals surface area contributed by atoms with E-state index < -0.39 is 0 Å². The van der Waals surface area contributed by atoms with Crippen LogP contribution in [0.2, 0.25) is 5.02 Å². The highest BCUT2D eigenvalue weighted by Gasteiger charge is 2.17. The Balaban J connectivity index is 1.82. The average Bonchev–Trinajstić information content (AvgIpc) is 2.97. The van der Waals surface area contributed by atoms with Gasteiger partial charge in [-0.25, -0.2) is 4.68 Å². The number of nitriles is 1. The van der Waals surface area contributed by atoms with Gasteiger partial charge < -0.3 is 10.5 Å². The minimum atomic E-state index is 0.253. The SMILES string of the molecule is Cc1ccc(C(C)C)cc1COc1nn(Cc2ccc(Cl)cc2)c(N)c1C#N. The maximum atomic E-state index is 9.50. The molecule has 5 nitrogen and oxygen atoms in total. The Morgan fingerprint density at radius 1 is 1.21 bits per heavy atom. The summed E-state index contributed by atoms with van der Waals surface area (Å²) in [6.45, 7) is 7.12. The van der Waals surface area contributed by atoms with Gasteiger partial charge in [0.1, 0.15) is 18.5 Å². The highest BCUT2D eigenvalue weighted by atomic mass is 35.5. The van der Waals surface area contributed by atoms with Crippen molar-refractivity contribution in [1.29, 1.82) is 5.26 Å². The van der Waals surface area contributed by atoms with Gasteiger partial charge in [-0.15, -0.1) is 5.10 Å². The van der Waals surface area contributed by atoms with E-state index in [1.54, 1.807) is 4.68 Å². The van der Waals surface area contributed by atoms with Crippen LogP contribution in [0.3, 0.4) is 0 Å². The Morgan fingerprint density at radius 2 is 1.93 bits per heavy atom. The number of nitrogen functional groups attached to an aromatic ring is 1. The lowest BCUT2D eigenvalue weighted by atomic mass is 9.98. The van der Waals surface area contributed by atoms with Crippen LogP contribution in [0.15, 0.2) is 42.5 Å². The summed E-state index contributed by atoms with van der Waals surface area (Å²) in [6.07, 6.45) is 0. The van der Waals surface area contributed by atoms with Crippen LogP contribution in [0.1, 0.15) is 47.6 Å². The first-order chi connectivity index (χ1) is 13.4. The van der Waals surface area contributed by atoms with Gasteiger partial charge in [0.25, 0.3) is 5.88 Å². The van der Waals surface area contributed by atoms with Crippen LogP contribution in [0.25, 0.3) is 0 Å². The molecule has 0 radical (unpaired) electrons. The third-order valence-electron chi connectivity index (χ3n) is 4.72. The Labute approximate surface area is 170 Å². The molecule has 0 aliphatic carbocycles. The number of ether oxygens (including phenoxy) is 1. The zero-order valence-corrected chi connectivity index (χ0v) is 17.0. The molecule has 1 aromatic heterocycles. The molecular weight excluding hydrogens is 372 g/mol. The molecule has 2 N–H and O–H groups in total. The molecule has 144 valence electrons. The fourth-order valence-corrected chi connectivity index (χ4v) is 3.02. The predicted molar refractivity (Wildman–Crippen MR) is 112 cm³/mol. The van der Waals surface area contributed by atoms with Crippen LogP contribution < -0.4 is 10.5 Å². The van der Waals surface area contributed by atoms with Gasteiger partial charge in [-0.3, -0.25) is 0 Å². The van der Waals surface area contributed by atoms with E-state index in [-0.39, 0.29) is 11.4 Å². The fourth-order valence-electron chi connectivity index (χ4n) is 2.89. The number of aromatic nitrogens is 2. The van der Waals surface area contributed by atoms with E-state index >= 15 is 0 Å². The number of aryl methyl sites for hydroxylation is 1. The Morgan fingerprint density at radius 3 is 2.57 bits per heavy atom. The number of rotatable bonds is 6. The van der Waals surface area contributed by atoms with Crippen LogP contribution >= 0.6 is 11.6 Å². The maximum Gasteiger partial charge on any atom is 0.253 e. The number of halogens is 1. The molecule has 0 aliphatic heterocycles. The molecule has 28 heavy (non-hydrogen) atoms. The van der Waals surface area contributed by atoms with Crippen molar-refractivity contribution in [3.63, 3.8) is 0 Å². The van der Waals surface area contributed by atoms with E-state index in [9.17, 15) is 5.26 Å². The van der Waals surface area contributed by atoms with Gasteiger partial charge in [-0.2, -0.15) is 5.26 Å². The Bertz CT molecular complexity index is 1020. The topological polar surface area (TPSA) is 76.9 Å². The summed E-state index contributed by atoms with van der Waals surface area (Å²) in [4.78, 5) is 0. The third kappa shape index (κ3) is 4.29. The van der Waals surface area contributed by atoms with E-state index in [1.807, 2.05) is 31.2 Å². The molecule has 0 unspecified atom stereocenters. The Kier molecular flexibility index (Phi) is 5.91. The van der Waals surface area contributed by atoms with E-state index in [2.05, 4.69) is 43.2 Å². The van der Waals surface area contributed by atoms with E-state index in [4.69, 9.17) is 22.1 Å². The van der Waals surface area contributed by atoms with Crippen LogP contribution in [-0.2, 0) is 13.2 Å². The largest absolute Gasteiger partial charge is 0.471 e. The Hall–Kier alpha value is -2.97. The van der Waals surface area contributed by atoms with Crippen LogP contribution in [-0.4, -0.2) is 9.78 Å². The minimum Gasteiger partial charge on any atom is -0.471 e. The number of nitrogens with zero attached hydrogens (tertiary/aromatic N) is 3. The normalized spacial score (nSPS) is 10.9. The highest BCUT2D eigenvalue weighted by Crippen LogP contribution is 2.26. The first-order valence-corrected chi connectivity index (χ1v) is 9.50. The molecular formula is C22H23ClN4O. The van der Waals surface area contributed by atoms with E-state index in [0.717, 1.165) is 16.7 Å². The number of benzene rings is 2. The van der Waals surface area contributed by atoms with Gasteiger partial charge >= 0.3 is 0 Å². The first kappa shape index (κ1) is 19.8. The second-order valence-corrected chi connectivity index (χ2v) is 7.53. The molecule has 0 fully saturated rings. The monoisotopic (exact) mass is 394 g/mol. The van der Waals surface area contributed by atoms with Gasteiger partial charge in [-0.1, -0.05) is 55.8 Å². The zero-order valence-electron chi connectivity index (χ0n) is 16.2. The van der Waals surface area contributed by atoms with Crippen molar-refractivity contribution >= 4 is 17.4 Å². The molecule has 6 heteroatoms. The summed E-state index contributed by atoms with van der Waals surface area (Å²) in [5.74, 6) is 0.978. The molecule has 2 aromatic carbocycles. The minimum absolute atomic E-state index is 0.253. The van der Waals surface area contributed by atoms with Crippen molar-refractivity contribution in [3.05, 3.63) is 75.3 Å². The molecule has 0 saturated carbocycles. The summed E-state index contributed by atoms with van der Waals surface area (Å²) in [6, 6.07) is 15.9. The fraction of sp³-hybridized carbons (Fsp3) is 0.273. The molecule has 3 rings (SSSR count). The second kappa shape index (κ2) is 8.37. The molecule has 0 atom stereocenters. The molecule has 0 bridgehead atoms. The number of hydrogen-bond acceptors (Lipinski definition) is 4. The van der Waals surface area contributed by atoms with Crippen molar-refractivity contribution in [2.75, 3.05) is 5.73 Å². The molecule has 3 aromatic rings. The summed E-state index contributed by atoms with van der Waals surface area (Å²) < 4.78 is 7.47. The third-order valence-corrected chi connectivity index (χ3v) is 4.97. The molecule has 1 heterocycles. The van der Waals surface area contributed by atoms with Crippen molar-refractivity contribution in [3.8, 4) is 11.9 Å². The number of nitrogens with two attached hydrogens (primary N) is 1. The molecule has 0 spiro atoms. The summed E-state index contributed by atoms with van der Waals surface area (Å²) in [5, 5.41) is 14.6. The van der Waals surface area contributed by atoms with Crippen molar-refractivity contribution < 1.29 is 4.74 Å². The molecule has 0 aliphatic rings. The van der Waals surface area contributed by atoms with E-state index in [1.165, 1.54) is 5.56 Å². The van der Waals surface area contributed by atoms with Crippen molar-refractivity contribution in [2.45, 2.75) is 39.8 Å². The summed E-state index contributed by atoms with van der Waals surface area (Å²) in [7, 11) is 0. The van der Waals surface area contributed by atoms with Crippen LogP contribution in [0.5, 0.6) is 5.88 Å². The van der Waals surface area contributed by atoms with Gasteiger partial charge in [-0.05, 0) is 47.2 Å². The van der Waals surface area contributed by atoms with Gasteiger partial charge in [0.15, 0.2) is 5.56 Å². The first-order valence-electron chi connectivity index (χ1n) is 9.12. The molecule has 0 amide bonds. The van der Waals surface area contributed by atoms with Gasteiger partial charge in [0, 0.05) is 5.02 Å². The number of hydrogen-bond donors (Lipinski definition) is 1. The van der Waals surface area contributed by atoms with Gasteiger partial charge in [0.2, 0.25) is 0 Å². The van der Waals surface area contributed by atoms with Crippen molar-refractivity contribution in [1.82, 2.24) is 9.78 Å². The van der Waals surface area contributed by atoms with Gasteiger partial charge in [0.05, 0.1) is 6.54 Å². The zero-order chi connectivity index (χ0) is 20.3.